The zero-order valence-electron chi connectivity index (χ0n) is 9.62. The fourth-order valence-corrected chi connectivity index (χ4v) is 3.82. The minimum atomic E-state index is -1.17. The lowest BCUT2D eigenvalue weighted by Gasteiger charge is -2.18. The van der Waals surface area contributed by atoms with Gasteiger partial charge in [-0.25, -0.2) is 4.39 Å². The molecule has 1 fully saturated rings. The lowest BCUT2D eigenvalue weighted by molar-refractivity contribution is 0.483. The van der Waals surface area contributed by atoms with Gasteiger partial charge >= 0.3 is 0 Å². The van der Waals surface area contributed by atoms with E-state index in [-0.39, 0.29) is 11.9 Å². The lowest BCUT2D eigenvalue weighted by atomic mass is 10.0. The summed E-state index contributed by atoms with van der Waals surface area (Å²) in [5.74, 6) is 0.266. The third-order valence-electron chi connectivity index (χ3n) is 3.44. The largest absolute Gasteiger partial charge is 0.307 e. The standard InChI is InChI=1S/C13H16FNOS/c14-11-4-1-3-10-12(15-9-6-7-9)5-2-8-17(16)13(10)11/h1,3-4,9,12,15H,2,5-8H2. The number of halogens is 1. The van der Waals surface area contributed by atoms with Crippen LogP contribution in [0.2, 0.25) is 0 Å². The highest BCUT2D eigenvalue weighted by atomic mass is 32.2. The van der Waals surface area contributed by atoms with E-state index in [1.807, 2.05) is 6.07 Å². The van der Waals surface area contributed by atoms with Crippen LogP contribution in [0.5, 0.6) is 0 Å². The van der Waals surface area contributed by atoms with Crippen molar-refractivity contribution in [3.63, 3.8) is 0 Å². The fourth-order valence-electron chi connectivity index (χ4n) is 2.42. The molecule has 4 heteroatoms. The van der Waals surface area contributed by atoms with E-state index in [9.17, 15) is 8.60 Å². The van der Waals surface area contributed by atoms with Crippen LogP contribution in [0.4, 0.5) is 4.39 Å². The molecule has 0 amide bonds. The SMILES string of the molecule is O=S1CCCC(NC2CC2)c2cccc(F)c21. The summed E-state index contributed by atoms with van der Waals surface area (Å²) in [6.07, 6.45) is 4.28. The molecule has 2 atom stereocenters. The zero-order chi connectivity index (χ0) is 11.8. The molecule has 17 heavy (non-hydrogen) atoms. The molecule has 0 bridgehead atoms. The quantitative estimate of drug-likeness (QED) is 0.877. The van der Waals surface area contributed by atoms with Gasteiger partial charge in [-0.05, 0) is 37.3 Å². The number of hydrogen-bond acceptors (Lipinski definition) is 2. The third kappa shape index (κ3) is 2.29. The first-order chi connectivity index (χ1) is 8.25. The molecule has 3 rings (SSSR count). The van der Waals surface area contributed by atoms with Gasteiger partial charge in [-0.2, -0.15) is 0 Å². The van der Waals surface area contributed by atoms with E-state index in [0.717, 1.165) is 18.4 Å². The Bertz CT molecular complexity index is 459. The lowest BCUT2D eigenvalue weighted by Crippen LogP contribution is -2.23. The van der Waals surface area contributed by atoms with Crippen LogP contribution < -0.4 is 5.32 Å². The maximum atomic E-state index is 13.8. The molecule has 1 aromatic carbocycles. The Hall–Kier alpha value is -0.740. The topological polar surface area (TPSA) is 29.1 Å². The van der Waals surface area contributed by atoms with E-state index < -0.39 is 10.8 Å². The zero-order valence-corrected chi connectivity index (χ0v) is 10.4. The van der Waals surface area contributed by atoms with Crippen molar-refractivity contribution in [1.82, 2.24) is 5.32 Å². The minimum absolute atomic E-state index is 0.180. The number of fused-ring (bicyclic) bond motifs is 1. The van der Waals surface area contributed by atoms with Gasteiger partial charge in [0.1, 0.15) is 5.82 Å². The molecule has 0 radical (unpaired) electrons. The van der Waals surface area contributed by atoms with Crippen molar-refractivity contribution in [1.29, 1.82) is 0 Å². The second-order valence-electron chi connectivity index (χ2n) is 4.84. The molecule has 2 unspecified atom stereocenters. The summed E-state index contributed by atoms with van der Waals surface area (Å²) in [5.41, 5.74) is 0.910. The molecule has 1 aliphatic carbocycles. The Balaban J connectivity index is 2.00. The van der Waals surface area contributed by atoms with Crippen molar-refractivity contribution in [3.8, 4) is 0 Å². The van der Waals surface area contributed by atoms with Crippen molar-refractivity contribution in [2.45, 2.75) is 42.7 Å². The summed E-state index contributed by atoms with van der Waals surface area (Å²) in [6.45, 7) is 0. The molecule has 92 valence electrons. The van der Waals surface area contributed by atoms with Crippen LogP contribution >= 0.6 is 0 Å². The van der Waals surface area contributed by atoms with Gasteiger partial charge in [-0.15, -0.1) is 0 Å². The van der Waals surface area contributed by atoms with Gasteiger partial charge in [0.05, 0.1) is 15.7 Å². The Morgan fingerprint density at radius 2 is 2.12 bits per heavy atom. The summed E-state index contributed by atoms with van der Waals surface area (Å²) >= 11 is 0. The highest BCUT2D eigenvalue weighted by molar-refractivity contribution is 7.85. The van der Waals surface area contributed by atoms with Crippen molar-refractivity contribution in [2.24, 2.45) is 0 Å². The molecule has 2 nitrogen and oxygen atoms in total. The number of benzene rings is 1. The highest BCUT2D eigenvalue weighted by Gasteiger charge is 2.30. The summed E-state index contributed by atoms with van der Waals surface area (Å²) in [4.78, 5) is 0.433. The van der Waals surface area contributed by atoms with Crippen LogP contribution in [-0.4, -0.2) is 16.0 Å². The summed E-state index contributed by atoms with van der Waals surface area (Å²) in [7, 11) is -1.17. The normalized spacial score (nSPS) is 28.5. The van der Waals surface area contributed by atoms with Gasteiger partial charge in [0.2, 0.25) is 0 Å². The minimum Gasteiger partial charge on any atom is -0.307 e. The average Bonchev–Trinajstić information content (AvgIpc) is 3.11. The molecule has 0 aromatic heterocycles. The highest BCUT2D eigenvalue weighted by Crippen LogP contribution is 2.33. The average molecular weight is 253 g/mol. The van der Waals surface area contributed by atoms with Crippen LogP contribution in [0, 0.1) is 5.82 Å². The van der Waals surface area contributed by atoms with Crippen LogP contribution in [0.3, 0.4) is 0 Å². The Morgan fingerprint density at radius 3 is 2.88 bits per heavy atom. The van der Waals surface area contributed by atoms with Gasteiger partial charge in [0.25, 0.3) is 0 Å². The Labute approximate surface area is 103 Å². The van der Waals surface area contributed by atoms with E-state index in [0.29, 0.717) is 16.7 Å². The molecule has 1 saturated carbocycles. The van der Waals surface area contributed by atoms with Crippen molar-refractivity contribution < 1.29 is 8.60 Å². The Morgan fingerprint density at radius 1 is 1.29 bits per heavy atom. The molecule has 0 spiro atoms. The summed E-state index contributed by atoms with van der Waals surface area (Å²) < 4.78 is 25.8. The number of rotatable bonds is 2. The van der Waals surface area contributed by atoms with Crippen molar-refractivity contribution in [2.75, 3.05) is 5.75 Å². The van der Waals surface area contributed by atoms with Gasteiger partial charge in [0.15, 0.2) is 0 Å². The Kier molecular flexibility index (Phi) is 3.01. The monoisotopic (exact) mass is 253 g/mol. The molecular weight excluding hydrogens is 237 g/mol. The van der Waals surface area contributed by atoms with Gasteiger partial charge in [-0.1, -0.05) is 12.1 Å². The van der Waals surface area contributed by atoms with E-state index >= 15 is 0 Å². The fraction of sp³-hybridized carbons (Fsp3) is 0.538. The second-order valence-corrected chi connectivity index (χ2v) is 6.35. The maximum Gasteiger partial charge on any atom is 0.139 e. The van der Waals surface area contributed by atoms with Crippen molar-refractivity contribution in [3.05, 3.63) is 29.6 Å². The smallest absolute Gasteiger partial charge is 0.139 e. The molecule has 2 aliphatic rings. The first-order valence-corrected chi connectivity index (χ1v) is 7.50. The molecule has 1 aliphatic heterocycles. The van der Waals surface area contributed by atoms with Gasteiger partial charge < -0.3 is 5.32 Å². The first kappa shape index (κ1) is 11.4. The molecule has 1 heterocycles. The van der Waals surface area contributed by atoms with Crippen LogP contribution in [0.25, 0.3) is 0 Å². The maximum absolute atomic E-state index is 13.8. The van der Waals surface area contributed by atoms with E-state index in [1.54, 1.807) is 6.07 Å². The number of nitrogens with one attached hydrogen (secondary N) is 1. The first-order valence-electron chi connectivity index (χ1n) is 6.18. The van der Waals surface area contributed by atoms with Crippen LogP contribution in [0.1, 0.15) is 37.3 Å². The molecular formula is C13H16FNOS. The van der Waals surface area contributed by atoms with Gasteiger partial charge in [0, 0.05) is 17.8 Å². The van der Waals surface area contributed by atoms with Crippen LogP contribution in [-0.2, 0) is 10.8 Å². The number of hydrogen-bond donors (Lipinski definition) is 1. The van der Waals surface area contributed by atoms with E-state index in [2.05, 4.69) is 5.32 Å². The van der Waals surface area contributed by atoms with Crippen molar-refractivity contribution >= 4 is 10.8 Å². The van der Waals surface area contributed by atoms with E-state index in [4.69, 9.17) is 0 Å². The molecule has 0 saturated heterocycles. The summed E-state index contributed by atoms with van der Waals surface area (Å²) in [6, 6.07) is 5.82. The molecule has 1 aromatic rings. The van der Waals surface area contributed by atoms with Gasteiger partial charge in [-0.3, -0.25) is 4.21 Å². The second kappa shape index (κ2) is 4.50. The predicted molar refractivity (Wildman–Crippen MR) is 65.8 cm³/mol. The van der Waals surface area contributed by atoms with E-state index in [1.165, 1.54) is 18.9 Å². The molecule has 1 N–H and O–H groups in total. The predicted octanol–water partition coefficient (Wildman–Crippen LogP) is 2.52. The summed E-state index contributed by atoms with van der Waals surface area (Å²) in [5, 5.41) is 3.54. The van der Waals surface area contributed by atoms with Crippen LogP contribution in [0.15, 0.2) is 23.1 Å². The third-order valence-corrected chi connectivity index (χ3v) is 4.98.